The van der Waals surface area contributed by atoms with Gasteiger partial charge in [-0.15, -0.1) is 0 Å². The summed E-state index contributed by atoms with van der Waals surface area (Å²) >= 11 is 12.0. The first-order chi connectivity index (χ1) is 11.4. The van der Waals surface area contributed by atoms with Crippen LogP contribution in [0.2, 0.25) is 10.0 Å². The van der Waals surface area contributed by atoms with E-state index >= 15 is 0 Å². The average Bonchev–Trinajstić information content (AvgIpc) is 2.54. The molecule has 1 aromatic carbocycles. The van der Waals surface area contributed by atoms with Crippen molar-refractivity contribution in [3.8, 4) is 0 Å². The summed E-state index contributed by atoms with van der Waals surface area (Å²) in [6.07, 6.45) is 2.98. The molecule has 2 heterocycles. The second-order valence-corrected chi connectivity index (χ2v) is 5.73. The lowest BCUT2D eigenvalue weighted by Gasteiger charge is -2.03. The molecule has 0 saturated heterocycles. The van der Waals surface area contributed by atoms with E-state index in [1.54, 1.807) is 24.3 Å². The van der Waals surface area contributed by atoms with Crippen LogP contribution >= 0.6 is 23.2 Å². The number of rotatable bonds is 2. The number of hydrogen-bond donors (Lipinski definition) is 2. The molecule has 0 fully saturated rings. The summed E-state index contributed by atoms with van der Waals surface area (Å²) in [6, 6.07) is 5.07. The van der Waals surface area contributed by atoms with Crippen LogP contribution < -0.4 is 16.8 Å². The molecule has 0 amide bonds. The molecule has 3 rings (SSSR count). The minimum Gasteiger partial charge on any atom is -0.305 e. The van der Waals surface area contributed by atoms with Gasteiger partial charge in [0, 0.05) is 7.05 Å². The predicted octanol–water partition coefficient (Wildman–Crippen LogP) is 1.79. The Morgan fingerprint density at radius 1 is 1.08 bits per heavy atom. The zero-order valence-corrected chi connectivity index (χ0v) is 13.8. The Bertz CT molecular complexity index is 1160. The minimum absolute atomic E-state index is 0.00249. The maximum absolute atomic E-state index is 12.1. The molecule has 2 N–H and O–H groups in total. The fourth-order valence-corrected chi connectivity index (χ4v) is 2.50. The van der Waals surface area contributed by atoms with Crippen molar-refractivity contribution in [1.29, 1.82) is 0 Å². The topological polar surface area (TPSA) is 101 Å². The lowest BCUT2D eigenvalue weighted by molar-refractivity contribution is 0.820. The number of benzene rings is 1. The highest BCUT2D eigenvalue weighted by atomic mass is 35.5. The summed E-state index contributed by atoms with van der Waals surface area (Å²) in [6.45, 7) is 0. The van der Waals surface area contributed by atoms with Gasteiger partial charge in [0.1, 0.15) is 11.3 Å². The van der Waals surface area contributed by atoms with E-state index in [0.717, 1.165) is 4.57 Å². The van der Waals surface area contributed by atoms with E-state index in [4.69, 9.17) is 23.2 Å². The molecular formula is C15H10Cl2N4O3. The lowest BCUT2D eigenvalue weighted by Crippen LogP contribution is -2.31. The maximum Gasteiger partial charge on any atom is 0.329 e. The van der Waals surface area contributed by atoms with Crippen molar-refractivity contribution < 1.29 is 0 Å². The molecule has 24 heavy (non-hydrogen) atoms. The van der Waals surface area contributed by atoms with Crippen molar-refractivity contribution in [3.63, 3.8) is 0 Å². The largest absolute Gasteiger partial charge is 0.329 e. The number of H-pyrrole nitrogens is 2. The summed E-state index contributed by atoms with van der Waals surface area (Å²) in [5.41, 5.74) is -1.26. The second kappa shape index (κ2) is 6.10. The van der Waals surface area contributed by atoms with Crippen LogP contribution in [0.4, 0.5) is 0 Å². The Kier molecular flexibility index (Phi) is 4.13. The standard InChI is InChI=1S/C15H10Cl2N4O3/c1-21-12-11(14(23)20-15(21)24)18-9(13(22)19-12)6-5-7-3-2-4-8(16)10(7)17/h2-6H,1H3,(H,19,22)(H,20,23,24)/b6-5+. The molecule has 122 valence electrons. The van der Waals surface area contributed by atoms with E-state index in [1.165, 1.54) is 13.1 Å². The van der Waals surface area contributed by atoms with Crippen molar-refractivity contribution in [2.45, 2.75) is 0 Å². The van der Waals surface area contributed by atoms with E-state index in [0.29, 0.717) is 15.6 Å². The SMILES string of the molecule is Cn1c(=O)[nH]c(=O)c2nc(/C=C/c3cccc(Cl)c3Cl)c(=O)[nH]c21. The van der Waals surface area contributed by atoms with Crippen LogP contribution in [0.15, 0.2) is 32.6 Å². The molecule has 7 nitrogen and oxygen atoms in total. The van der Waals surface area contributed by atoms with Gasteiger partial charge in [-0.25, -0.2) is 9.78 Å². The number of nitrogens with zero attached hydrogens (tertiary/aromatic N) is 2. The number of fused-ring (bicyclic) bond motifs is 1. The van der Waals surface area contributed by atoms with Gasteiger partial charge in [0.05, 0.1) is 10.0 Å². The number of aromatic amines is 2. The summed E-state index contributed by atoms with van der Waals surface area (Å²) in [7, 11) is 1.42. The Morgan fingerprint density at radius 3 is 2.58 bits per heavy atom. The zero-order chi connectivity index (χ0) is 17.4. The van der Waals surface area contributed by atoms with Crippen LogP contribution in [0.5, 0.6) is 0 Å². The molecule has 2 aromatic heterocycles. The fourth-order valence-electron chi connectivity index (χ4n) is 2.13. The number of aryl methyl sites for hydroxylation is 1. The molecule has 0 aliphatic carbocycles. The molecule has 9 heteroatoms. The third kappa shape index (κ3) is 2.79. The van der Waals surface area contributed by atoms with E-state index < -0.39 is 16.8 Å². The minimum atomic E-state index is -0.681. The van der Waals surface area contributed by atoms with Crippen LogP contribution in [0.1, 0.15) is 11.3 Å². The Hall–Kier alpha value is -2.64. The molecule has 0 aliphatic heterocycles. The molecule has 0 saturated carbocycles. The molecule has 0 unspecified atom stereocenters. The summed E-state index contributed by atoms with van der Waals surface area (Å²) < 4.78 is 1.10. The summed E-state index contributed by atoms with van der Waals surface area (Å²) in [5, 5.41) is 0.721. The fraction of sp³-hybridized carbons (Fsp3) is 0.0667. The van der Waals surface area contributed by atoms with Crippen LogP contribution in [0.3, 0.4) is 0 Å². The number of hydrogen-bond acceptors (Lipinski definition) is 4. The van der Waals surface area contributed by atoms with Crippen LogP contribution in [0, 0.1) is 0 Å². The third-order valence-electron chi connectivity index (χ3n) is 3.40. The number of nitrogens with one attached hydrogen (secondary N) is 2. The first-order valence-corrected chi connectivity index (χ1v) is 7.49. The monoisotopic (exact) mass is 364 g/mol. The van der Waals surface area contributed by atoms with E-state index in [1.807, 2.05) is 0 Å². The lowest BCUT2D eigenvalue weighted by atomic mass is 10.2. The van der Waals surface area contributed by atoms with Gasteiger partial charge in [0.25, 0.3) is 11.1 Å². The Balaban J connectivity index is 2.18. The van der Waals surface area contributed by atoms with E-state index in [9.17, 15) is 14.4 Å². The molecule has 0 atom stereocenters. The Labute approximate surface area is 144 Å². The van der Waals surface area contributed by atoms with E-state index in [-0.39, 0.29) is 16.9 Å². The van der Waals surface area contributed by atoms with Crippen molar-refractivity contribution in [1.82, 2.24) is 19.5 Å². The molecule has 3 aromatic rings. The second-order valence-electron chi connectivity index (χ2n) is 4.94. The molecule has 0 bridgehead atoms. The third-order valence-corrected chi connectivity index (χ3v) is 4.23. The van der Waals surface area contributed by atoms with Gasteiger partial charge in [0.2, 0.25) is 0 Å². The molecular weight excluding hydrogens is 355 g/mol. The smallest absolute Gasteiger partial charge is 0.305 e. The molecule has 0 radical (unpaired) electrons. The maximum atomic E-state index is 12.1. The summed E-state index contributed by atoms with van der Waals surface area (Å²) in [5.74, 6) is 0. The highest BCUT2D eigenvalue weighted by molar-refractivity contribution is 6.42. The van der Waals surface area contributed by atoms with Crippen molar-refractivity contribution in [3.05, 3.63) is 70.7 Å². The first kappa shape index (κ1) is 16.2. The van der Waals surface area contributed by atoms with Crippen LogP contribution in [0.25, 0.3) is 23.3 Å². The summed E-state index contributed by atoms with van der Waals surface area (Å²) in [4.78, 5) is 44.2. The van der Waals surface area contributed by atoms with Crippen LogP contribution in [-0.2, 0) is 7.05 Å². The van der Waals surface area contributed by atoms with Crippen molar-refractivity contribution in [2.24, 2.45) is 7.05 Å². The van der Waals surface area contributed by atoms with Gasteiger partial charge in [-0.2, -0.15) is 0 Å². The normalized spacial score (nSPS) is 11.5. The van der Waals surface area contributed by atoms with E-state index in [2.05, 4.69) is 15.0 Å². The van der Waals surface area contributed by atoms with Gasteiger partial charge in [-0.05, 0) is 17.7 Å². The van der Waals surface area contributed by atoms with Gasteiger partial charge in [0.15, 0.2) is 5.52 Å². The van der Waals surface area contributed by atoms with Gasteiger partial charge >= 0.3 is 5.69 Å². The first-order valence-electron chi connectivity index (χ1n) is 6.74. The predicted molar refractivity (Wildman–Crippen MR) is 93.6 cm³/mol. The van der Waals surface area contributed by atoms with Crippen molar-refractivity contribution in [2.75, 3.05) is 0 Å². The quantitative estimate of drug-likeness (QED) is 0.723. The highest BCUT2D eigenvalue weighted by Gasteiger charge is 2.10. The van der Waals surface area contributed by atoms with Crippen LogP contribution in [-0.4, -0.2) is 19.5 Å². The van der Waals surface area contributed by atoms with Gasteiger partial charge in [-0.1, -0.05) is 41.4 Å². The Morgan fingerprint density at radius 2 is 1.83 bits per heavy atom. The van der Waals surface area contributed by atoms with Gasteiger partial charge < -0.3 is 4.98 Å². The number of halogens is 2. The molecule has 0 spiro atoms. The number of aromatic nitrogens is 4. The molecule has 0 aliphatic rings. The highest BCUT2D eigenvalue weighted by Crippen LogP contribution is 2.26. The van der Waals surface area contributed by atoms with Crippen molar-refractivity contribution >= 4 is 46.5 Å². The zero-order valence-electron chi connectivity index (χ0n) is 12.3. The average molecular weight is 365 g/mol. The van der Waals surface area contributed by atoms with Gasteiger partial charge in [-0.3, -0.25) is 19.1 Å².